The number of thioether (sulfide) groups is 1. The molecule has 1 aliphatic heterocycles. The van der Waals surface area contributed by atoms with Crippen LogP contribution in [-0.4, -0.2) is 25.3 Å². The molecule has 0 unspecified atom stereocenters. The van der Waals surface area contributed by atoms with Gasteiger partial charge in [-0.15, -0.1) is 0 Å². The Hall–Kier alpha value is -1.01. The first kappa shape index (κ1) is 8.31. The molecule has 0 saturated carbocycles. The molecule has 0 aromatic carbocycles. The number of halogens is 1. The van der Waals surface area contributed by atoms with Crippen LogP contribution in [0.5, 0.6) is 0 Å². The Morgan fingerprint density at radius 3 is 3.07 bits per heavy atom. The predicted molar refractivity (Wildman–Crippen MR) is 55.5 cm³/mol. The number of hydrogen-bond donors (Lipinski definition) is 1. The summed E-state index contributed by atoms with van der Waals surface area (Å²) in [6.45, 7) is 0.906. The van der Waals surface area contributed by atoms with Crippen molar-refractivity contribution in [2.75, 3.05) is 11.5 Å². The van der Waals surface area contributed by atoms with Crippen LogP contribution >= 0.6 is 23.4 Å². The third kappa shape index (κ3) is 1.01. The molecule has 14 heavy (non-hydrogen) atoms. The van der Waals surface area contributed by atoms with Crippen LogP contribution in [0.2, 0.25) is 5.15 Å². The van der Waals surface area contributed by atoms with Crippen molar-refractivity contribution in [3.8, 4) is 0 Å². The van der Waals surface area contributed by atoms with Crippen LogP contribution in [0.15, 0.2) is 5.16 Å². The van der Waals surface area contributed by atoms with E-state index in [1.807, 2.05) is 4.57 Å². The molecule has 1 aliphatic rings. The number of anilines is 1. The number of aryl methyl sites for hydroxylation is 1. The molecule has 5 nitrogen and oxygen atoms in total. The topological polar surface area (TPSA) is 69.6 Å². The molecule has 0 radical (unpaired) electrons. The van der Waals surface area contributed by atoms with Crippen molar-refractivity contribution < 1.29 is 0 Å². The van der Waals surface area contributed by atoms with Crippen LogP contribution < -0.4 is 5.73 Å². The fourth-order valence-corrected chi connectivity index (χ4v) is 2.66. The number of rotatable bonds is 0. The molecule has 7 heteroatoms. The summed E-state index contributed by atoms with van der Waals surface area (Å²) >= 11 is 7.61. The fraction of sp³-hybridized carbons (Fsp3) is 0.286. The number of hydrogen-bond acceptors (Lipinski definition) is 5. The van der Waals surface area contributed by atoms with Crippen molar-refractivity contribution in [3.05, 3.63) is 5.15 Å². The van der Waals surface area contributed by atoms with Gasteiger partial charge in [-0.1, -0.05) is 23.4 Å². The van der Waals surface area contributed by atoms with Gasteiger partial charge in [0.2, 0.25) is 5.95 Å². The number of nitrogens with two attached hydrogens (primary N) is 1. The lowest BCUT2D eigenvalue weighted by atomic mass is 10.5. The van der Waals surface area contributed by atoms with Gasteiger partial charge in [0.1, 0.15) is 5.52 Å². The molecule has 72 valence electrons. The van der Waals surface area contributed by atoms with Gasteiger partial charge in [-0.2, -0.15) is 9.97 Å². The van der Waals surface area contributed by atoms with E-state index in [2.05, 4.69) is 15.0 Å². The van der Waals surface area contributed by atoms with Gasteiger partial charge in [-0.25, -0.2) is 4.98 Å². The lowest BCUT2D eigenvalue weighted by molar-refractivity contribution is 0.735. The highest BCUT2D eigenvalue weighted by atomic mass is 35.5. The lowest BCUT2D eigenvalue weighted by Crippen LogP contribution is -2.00. The lowest BCUT2D eigenvalue weighted by Gasteiger charge is -1.97. The molecule has 0 aliphatic carbocycles. The first-order valence-corrected chi connectivity index (χ1v) is 5.44. The van der Waals surface area contributed by atoms with Crippen molar-refractivity contribution in [3.63, 3.8) is 0 Å². The van der Waals surface area contributed by atoms with Crippen LogP contribution in [-0.2, 0) is 6.54 Å². The van der Waals surface area contributed by atoms with Crippen LogP contribution in [0.3, 0.4) is 0 Å². The summed E-state index contributed by atoms with van der Waals surface area (Å²) in [7, 11) is 0. The van der Waals surface area contributed by atoms with Gasteiger partial charge >= 0.3 is 0 Å². The Morgan fingerprint density at radius 2 is 2.21 bits per heavy atom. The highest BCUT2D eigenvalue weighted by Crippen LogP contribution is 2.31. The maximum atomic E-state index is 5.91. The van der Waals surface area contributed by atoms with Crippen molar-refractivity contribution in [2.45, 2.75) is 11.7 Å². The molecule has 0 amide bonds. The summed E-state index contributed by atoms with van der Waals surface area (Å²) in [5, 5.41) is 1.27. The molecular formula is C7H6ClN5S. The van der Waals surface area contributed by atoms with E-state index in [9.17, 15) is 0 Å². The van der Waals surface area contributed by atoms with Gasteiger partial charge in [0.25, 0.3) is 0 Å². The quantitative estimate of drug-likeness (QED) is 0.685. The van der Waals surface area contributed by atoms with Gasteiger partial charge in [0, 0.05) is 12.3 Å². The maximum absolute atomic E-state index is 5.91. The van der Waals surface area contributed by atoms with E-state index in [0.717, 1.165) is 23.1 Å². The average Bonchev–Trinajstić information content (AvgIpc) is 2.65. The van der Waals surface area contributed by atoms with Gasteiger partial charge in [-0.05, 0) is 0 Å². The van der Waals surface area contributed by atoms with E-state index in [-0.39, 0.29) is 5.95 Å². The Kier molecular flexibility index (Phi) is 1.63. The molecule has 0 saturated heterocycles. The molecule has 0 bridgehead atoms. The fourth-order valence-electron chi connectivity index (χ4n) is 1.50. The normalized spacial score (nSPS) is 14.9. The summed E-state index contributed by atoms with van der Waals surface area (Å²) in [5.74, 6) is 1.22. The van der Waals surface area contributed by atoms with Gasteiger partial charge in [0.05, 0.1) is 0 Å². The highest BCUT2D eigenvalue weighted by Gasteiger charge is 2.20. The molecule has 2 aromatic heterocycles. The summed E-state index contributed by atoms with van der Waals surface area (Å²) < 4.78 is 2.02. The average molecular weight is 228 g/mol. The summed E-state index contributed by atoms with van der Waals surface area (Å²) in [6, 6.07) is 0. The highest BCUT2D eigenvalue weighted by molar-refractivity contribution is 7.99. The third-order valence-corrected chi connectivity index (χ3v) is 3.30. The summed E-state index contributed by atoms with van der Waals surface area (Å²) in [6.07, 6.45) is 0. The van der Waals surface area contributed by atoms with Crippen LogP contribution in [0.4, 0.5) is 5.95 Å². The van der Waals surface area contributed by atoms with E-state index in [1.54, 1.807) is 11.8 Å². The molecule has 2 aromatic rings. The summed E-state index contributed by atoms with van der Waals surface area (Å²) in [4.78, 5) is 12.3. The minimum Gasteiger partial charge on any atom is -0.368 e. The SMILES string of the molecule is Nc1nc(Cl)c2nc3n(c2n1)CCS3. The molecule has 3 heterocycles. The second kappa shape index (κ2) is 2.74. The predicted octanol–water partition coefficient (Wildman–Crippen LogP) is 1.17. The Labute approximate surface area is 88.7 Å². The summed E-state index contributed by atoms with van der Waals surface area (Å²) in [5.41, 5.74) is 6.90. The molecule has 0 atom stereocenters. The number of nitrogen functional groups attached to an aromatic ring is 1. The Morgan fingerprint density at radius 1 is 1.36 bits per heavy atom. The van der Waals surface area contributed by atoms with E-state index in [1.165, 1.54) is 0 Å². The van der Waals surface area contributed by atoms with Gasteiger partial charge in [0.15, 0.2) is 16.0 Å². The Balaban J connectivity index is 2.43. The zero-order chi connectivity index (χ0) is 9.71. The molecular weight excluding hydrogens is 222 g/mol. The van der Waals surface area contributed by atoms with Gasteiger partial charge < -0.3 is 10.3 Å². The van der Waals surface area contributed by atoms with E-state index >= 15 is 0 Å². The van der Waals surface area contributed by atoms with E-state index < -0.39 is 0 Å². The first-order valence-electron chi connectivity index (χ1n) is 4.08. The number of aromatic nitrogens is 4. The van der Waals surface area contributed by atoms with Crippen molar-refractivity contribution >= 4 is 40.5 Å². The van der Waals surface area contributed by atoms with Crippen molar-refractivity contribution in [1.82, 2.24) is 19.5 Å². The zero-order valence-corrected chi connectivity index (χ0v) is 8.64. The minimum atomic E-state index is 0.196. The largest absolute Gasteiger partial charge is 0.368 e. The monoisotopic (exact) mass is 227 g/mol. The Bertz CT molecular complexity index is 522. The number of imidazole rings is 1. The van der Waals surface area contributed by atoms with Crippen LogP contribution in [0.25, 0.3) is 11.2 Å². The van der Waals surface area contributed by atoms with E-state index in [0.29, 0.717) is 10.7 Å². The van der Waals surface area contributed by atoms with Crippen LogP contribution in [0.1, 0.15) is 0 Å². The van der Waals surface area contributed by atoms with Gasteiger partial charge in [-0.3, -0.25) is 0 Å². The van der Waals surface area contributed by atoms with Crippen molar-refractivity contribution in [2.24, 2.45) is 0 Å². The molecule has 2 N–H and O–H groups in total. The number of nitrogens with zero attached hydrogens (tertiary/aromatic N) is 4. The van der Waals surface area contributed by atoms with E-state index in [4.69, 9.17) is 17.3 Å². The molecule has 3 rings (SSSR count). The maximum Gasteiger partial charge on any atom is 0.223 e. The van der Waals surface area contributed by atoms with Crippen molar-refractivity contribution in [1.29, 1.82) is 0 Å². The van der Waals surface area contributed by atoms with Crippen LogP contribution in [0, 0.1) is 0 Å². The second-order valence-corrected chi connectivity index (χ2v) is 4.36. The zero-order valence-electron chi connectivity index (χ0n) is 7.07. The second-order valence-electron chi connectivity index (χ2n) is 2.94. The number of fused-ring (bicyclic) bond motifs is 3. The third-order valence-electron chi connectivity index (χ3n) is 2.08. The smallest absolute Gasteiger partial charge is 0.223 e. The first-order chi connectivity index (χ1) is 6.75. The minimum absolute atomic E-state index is 0.196. The molecule has 0 spiro atoms. The molecule has 0 fully saturated rings. The standard InChI is InChI=1S/C7H6ClN5S/c8-4-3-5(12-6(9)11-4)13-1-2-14-7(13)10-3/h1-2H2,(H2,9,11,12).